The number of rotatable bonds is 9. The van der Waals surface area contributed by atoms with Crippen molar-refractivity contribution in [1.82, 2.24) is 0 Å². The highest BCUT2D eigenvalue weighted by atomic mass is 35.5. The van der Waals surface area contributed by atoms with Gasteiger partial charge in [-0.15, -0.1) is 0 Å². The quantitative estimate of drug-likeness (QED) is 0.405. The van der Waals surface area contributed by atoms with Crippen LogP contribution in [0.4, 0.5) is 5.69 Å². The lowest BCUT2D eigenvalue weighted by Crippen LogP contribution is -2.04. The summed E-state index contributed by atoms with van der Waals surface area (Å²) in [5.74, 6) is 0.231. The Morgan fingerprint density at radius 2 is 1.77 bits per heavy atom. The number of benzene rings is 3. The van der Waals surface area contributed by atoms with Gasteiger partial charge in [-0.05, 0) is 48.9 Å². The maximum absolute atomic E-state index is 11.2. The van der Waals surface area contributed by atoms with E-state index in [1.165, 1.54) is 12.1 Å². The molecule has 0 saturated heterocycles. The van der Waals surface area contributed by atoms with Gasteiger partial charge in [-0.1, -0.05) is 47.5 Å². The number of hydrogen-bond acceptors (Lipinski definition) is 4. The zero-order chi connectivity index (χ0) is 21.5. The third kappa shape index (κ3) is 5.59. The molecule has 3 aromatic rings. The zero-order valence-electron chi connectivity index (χ0n) is 16.3. The molecule has 0 aliphatic heterocycles. The van der Waals surface area contributed by atoms with E-state index in [4.69, 9.17) is 37.8 Å². The summed E-state index contributed by atoms with van der Waals surface area (Å²) >= 11 is 12.4. The van der Waals surface area contributed by atoms with Gasteiger partial charge in [-0.25, -0.2) is 4.79 Å². The van der Waals surface area contributed by atoms with Crippen LogP contribution >= 0.6 is 23.2 Å². The molecular formula is C23H21Cl2NO4. The lowest BCUT2D eigenvalue weighted by Gasteiger charge is -2.15. The molecular weight excluding hydrogens is 425 g/mol. The van der Waals surface area contributed by atoms with Crippen molar-refractivity contribution in [3.8, 4) is 11.5 Å². The number of hydrogen-bond donors (Lipinski definition) is 2. The standard InChI is InChI=1S/C23H21Cl2NO4/c1-2-29-22-11-15(13-26-20-12-16(23(27)28)8-9-19(20)25)7-10-21(22)30-14-17-5-3-4-6-18(17)24/h3-12,26H,2,13-14H2,1H3,(H,27,28). The molecule has 0 heterocycles. The van der Waals surface area contributed by atoms with Crippen LogP contribution in [0.2, 0.25) is 10.0 Å². The number of anilines is 1. The van der Waals surface area contributed by atoms with Crippen LogP contribution in [0.25, 0.3) is 0 Å². The summed E-state index contributed by atoms with van der Waals surface area (Å²) in [5.41, 5.74) is 2.54. The van der Waals surface area contributed by atoms with E-state index in [-0.39, 0.29) is 5.56 Å². The Labute approximate surface area is 185 Å². The maximum Gasteiger partial charge on any atom is 0.335 e. The first-order valence-corrected chi connectivity index (χ1v) is 10.1. The number of carbonyl (C=O) groups is 1. The Morgan fingerprint density at radius 3 is 2.50 bits per heavy atom. The largest absolute Gasteiger partial charge is 0.490 e. The number of halogens is 2. The van der Waals surface area contributed by atoms with Crippen molar-refractivity contribution in [3.63, 3.8) is 0 Å². The van der Waals surface area contributed by atoms with Gasteiger partial charge in [0.2, 0.25) is 0 Å². The van der Waals surface area contributed by atoms with Crippen LogP contribution < -0.4 is 14.8 Å². The molecule has 0 unspecified atom stereocenters. The summed E-state index contributed by atoms with van der Waals surface area (Å²) in [6, 6.07) is 17.7. The topological polar surface area (TPSA) is 67.8 Å². The molecule has 0 atom stereocenters. The second-order valence-electron chi connectivity index (χ2n) is 6.45. The molecule has 0 spiro atoms. The molecule has 0 amide bonds. The molecule has 0 saturated carbocycles. The van der Waals surface area contributed by atoms with Crippen LogP contribution in [-0.2, 0) is 13.2 Å². The van der Waals surface area contributed by atoms with Crippen LogP contribution in [-0.4, -0.2) is 17.7 Å². The highest BCUT2D eigenvalue weighted by Crippen LogP contribution is 2.31. The highest BCUT2D eigenvalue weighted by molar-refractivity contribution is 6.33. The van der Waals surface area contributed by atoms with Gasteiger partial charge in [0.1, 0.15) is 6.61 Å². The minimum absolute atomic E-state index is 0.167. The third-order valence-corrected chi connectivity index (χ3v) is 5.04. The average Bonchev–Trinajstić information content (AvgIpc) is 2.73. The van der Waals surface area contributed by atoms with Crippen molar-refractivity contribution in [2.75, 3.05) is 11.9 Å². The lowest BCUT2D eigenvalue weighted by atomic mass is 10.1. The van der Waals surface area contributed by atoms with Crippen molar-refractivity contribution in [2.24, 2.45) is 0 Å². The van der Waals surface area contributed by atoms with E-state index in [1.54, 1.807) is 6.07 Å². The highest BCUT2D eigenvalue weighted by Gasteiger charge is 2.10. The number of carboxylic acid groups (broad SMARTS) is 1. The first-order chi connectivity index (χ1) is 14.5. The van der Waals surface area contributed by atoms with Crippen LogP contribution in [0, 0.1) is 0 Å². The molecule has 0 fully saturated rings. The predicted octanol–water partition coefficient (Wildman–Crippen LogP) is 6.28. The van der Waals surface area contributed by atoms with Crippen LogP contribution in [0.5, 0.6) is 11.5 Å². The number of nitrogens with one attached hydrogen (secondary N) is 1. The molecule has 2 N–H and O–H groups in total. The minimum Gasteiger partial charge on any atom is -0.490 e. The van der Waals surface area contributed by atoms with E-state index < -0.39 is 5.97 Å². The van der Waals surface area contributed by atoms with E-state index in [1.807, 2.05) is 49.4 Å². The molecule has 3 rings (SSSR count). The first-order valence-electron chi connectivity index (χ1n) is 9.36. The lowest BCUT2D eigenvalue weighted by molar-refractivity contribution is 0.0697. The summed E-state index contributed by atoms with van der Waals surface area (Å²) in [5, 5.41) is 13.4. The third-order valence-electron chi connectivity index (χ3n) is 4.35. The first kappa shape index (κ1) is 21.8. The fraction of sp³-hybridized carbons (Fsp3) is 0.174. The molecule has 5 nitrogen and oxygen atoms in total. The predicted molar refractivity (Wildman–Crippen MR) is 119 cm³/mol. The second-order valence-corrected chi connectivity index (χ2v) is 7.26. The van der Waals surface area contributed by atoms with E-state index in [2.05, 4.69) is 5.32 Å². The Balaban J connectivity index is 1.72. The van der Waals surface area contributed by atoms with Gasteiger partial charge in [0, 0.05) is 17.1 Å². The summed E-state index contributed by atoms with van der Waals surface area (Å²) in [6.45, 7) is 3.16. The Hall–Kier alpha value is -2.89. The SMILES string of the molecule is CCOc1cc(CNc2cc(C(=O)O)ccc2Cl)ccc1OCc1ccccc1Cl. The molecule has 30 heavy (non-hydrogen) atoms. The van der Waals surface area contributed by atoms with E-state index in [0.717, 1.165) is 11.1 Å². The molecule has 0 bridgehead atoms. The Bertz CT molecular complexity index is 1040. The second kappa shape index (κ2) is 10.2. The fourth-order valence-electron chi connectivity index (χ4n) is 2.81. The average molecular weight is 446 g/mol. The number of carboxylic acids is 1. The normalized spacial score (nSPS) is 10.5. The van der Waals surface area contributed by atoms with Crippen molar-refractivity contribution in [3.05, 3.63) is 87.4 Å². The van der Waals surface area contributed by atoms with Gasteiger partial charge in [-0.3, -0.25) is 0 Å². The smallest absolute Gasteiger partial charge is 0.335 e. The summed E-state index contributed by atoms with van der Waals surface area (Å²) in [6.07, 6.45) is 0. The van der Waals surface area contributed by atoms with E-state index in [0.29, 0.717) is 47.0 Å². The molecule has 0 aromatic heterocycles. The van der Waals surface area contributed by atoms with Gasteiger partial charge >= 0.3 is 5.97 Å². The van der Waals surface area contributed by atoms with Gasteiger partial charge in [-0.2, -0.15) is 0 Å². The molecule has 0 radical (unpaired) electrons. The van der Waals surface area contributed by atoms with Gasteiger partial charge in [0.25, 0.3) is 0 Å². The van der Waals surface area contributed by atoms with Crippen LogP contribution in [0.1, 0.15) is 28.4 Å². The molecule has 156 valence electrons. The molecule has 7 heteroatoms. The summed E-state index contributed by atoms with van der Waals surface area (Å²) in [7, 11) is 0. The molecule has 0 aliphatic rings. The number of aromatic carboxylic acids is 1. The summed E-state index contributed by atoms with van der Waals surface area (Å²) in [4.78, 5) is 11.2. The van der Waals surface area contributed by atoms with Gasteiger partial charge in [0.15, 0.2) is 11.5 Å². The van der Waals surface area contributed by atoms with Crippen molar-refractivity contribution < 1.29 is 19.4 Å². The minimum atomic E-state index is -1.01. The van der Waals surface area contributed by atoms with Crippen molar-refractivity contribution in [2.45, 2.75) is 20.1 Å². The number of ether oxygens (including phenoxy) is 2. The Kier molecular flexibility index (Phi) is 7.44. The van der Waals surface area contributed by atoms with Crippen LogP contribution in [0.15, 0.2) is 60.7 Å². The molecule has 3 aromatic carbocycles. The van der Waals surface area contributed by atoms with Gasteiger partial charge < -0.3 is 19.9 Å². The van der Waals surface area contributed by atoms with E-state index >= 15 is 0 Å². The van der Waals surface area contributed by atoms with Gasteiger partial charge in [0.05, 0.1) is 22.9 Å². The van der Waals surface area contributed by atoms with Crippen molar-refractivity contribution in [1.29, 1.82) is 0 Å². The fourth-order valence-corrected chi connectivity index (χ4v) is 3.19. The van der Waals surface area contributed by atoms with Crippen LogP contribution in [0.3, 0.4) is 0 Å². The zero-order valence-corrected chi connectivity index (χ0v) is 17.8. The summed E-state index contributed by atoms with van der Waals surface area (Å²) < 4.78 is 11.7. The monoisotopic (exact) mass is 445 g/mol. The Morgan fingerprint density at radius 1 is 0.967 bits per heavy atom. The van der Waals surface area contributed by atoms with Crippen molar-refractivity contribution >= 4 is 34.9 Å². The van der Waals surface area contributed by atoms with E-state index in [9.17, 15) is 4.79 Å². The maximum atomic E-state index is 11.2. The molecule has 0 aliphatic carbocycles.